The van der Waals surface area contributed by atoms with Gasteiger partial charge in [-0.1, -0.05) is 0 Å². The van der Waals surface area contributed by atoms with Gasteiger partial charge in [-0.15, -0.1) is 0 Å². The van der Waals surface area contributed by atoms with Crippen molar-refractivity contribution in [1.82, 2.24) is 14.8 Å². The molecule has 0 saturated heterocycles. The molecule has 3 rings (SSSR count). The first-order valence-electron chi connectivity index (χ1n) is 6.90. The summed E-state index contributed by atoms with van der Waals surface area (Å²) in [6.45, 7) is 2.49. The zero-order chi connectivity index (χ0) is 15.5. The summed E-state index contributed by atoms with van der Waals surface area (Å²) in [5.74, 6) is 0.553. The minimum absolute atomic E-state index is 0.00456. The lowest BCUT2D eigenvalue weighted by molar-refractivity contribution is -0.123. The first kappa shape index (κ1) is 14.1. The van der Waals surface area contributed by atoms with Gasteiger partial charge in [0.05, 0.1) is 13.0 Å². The number of anilines is 2. The summed E-state index contributed by atoms with van der Waals surface area (Å²) in [5, 5.41) is 9.26. The number of aromatic nitrogens is 3. The van der Waals surface area contributed by atoms with Crippen molar-refractivity contribution in [2.45, 2.75) is 19.4 Å². The third kappa shape index (κ3) is 2.76. The Bertz CT molecular complexity index is 695. The second-order valence-corrected chi connectivity index (χ2v) is 4.74. The van der Waals surface area contributed by atoms with Gasteiger partial charge in [-0.2, -0.15) is 10.1 Å². The molecule has 114 valence electrons. The molecule has 2 amide bonds. The van der Waals surface area contributed by atoms with Crippen LogP contribution in [0, 0.1) is 0 Å². The van der Waals surface area contributed by atoms with Crippen molar-refractivity contribution in [3.63, 3.8) is 0 Å². The summed E-state index contributed by atoms with van der Waals surface area (Å²) < 4.78 is 6.75. The molecule has 22 heavy (non-hydrogen) atoms. The Balaban J connectivity index is 1.62. The number of carbonyl (C=O) groups excluding carboxylic acids is 2. The van der Waals surface area contributed by atoms with Crippen LogP contribution in [0.1, 0.15) is 19.4 Å². The summed E-state index contributed by atoms with van der Waals surface area (Å²) in [4.78, 5) is 27.8. The zero-order valence-corrected chi connectivity index (χ0v) is 11.9. The number of amides is 2. The van der Waals surface area contributed by atoms with Gasteiger partial charge < -0.3 is 10.1 Å². The van der Waals surface area contributed by atoms with E-state index in [9.17, 15) is 9.59 Å². The molecule has 0 unspecified atom stereocenters. The average molecular weight is 301 g/mol. The molecule has 0 radical (unpaired) electrons. The first-order chi connectivity index (χ1) is 10.7. The minimum atomic E-state index is -0.666. The van der Waals surface area contributed by atoms with Crippen LogP contribution >= 0.6 is 0 Å². The number of hydrogen-bond acceptors (Lipinski definition) is 5. The van der Waals surface area contributed by atoms with Gasteiger partial charge in [0.2, 0.25) is 11.9 Å². The Morgan fingerprint density at radius 2 is 2.18 bits per heavy atom. The van der Waals surface area contributed by atoms with Gasteiger partial charge in [0.1, 0.15) is 18.1 Å². The highest BCUT2D eigenvalue weighted by Crippen LogP contribution is 2.24. The van der Waals surface area contributed by atoms with E-state index in [2.05, 4.69) is 20.7 Å². The Morgan fingerprint density at radius 3 is 2.91 bits per heavy atom. The fourth-order valence-electron chi connectivity index (χ4n) is 2.24. The van der Waals surface area contributed by atoms with Gasteiger partial charge in [-0.05, 0) is 31.2 Å². The lowest BCUT2D eigenvalue weighted by atomic mass is 10.2. The van der Waals surface area contributed by atoms with Crippen LogP contribution < -0.4 is 15.4 Å². The van der Waals surface area contributed by atoms with E-state index in [1.165, 1.54) is 11.0 Å². The van der Waals surface area contributed by atoms with Crippen molar-refractivity contribution in [3.05, 3.63) is 30.6 Å². The lowest BCUT2D eigenvalue weighted by Gasteiger charge is -2.10. The van der Waals surface area contributed by atoms with E-state index in [0.717, 1.165) is 5.75 Å². The van der Waals surface area contributed by atoms with Crippen molar-refractivity contribution in [3.8, 4) is 5.75 Å². The maximum Gasteiger partial charge on any atom is 0.252 e. The molecule has 0 spiro atoms. The molecule has 1 atom stereocenters. The van der Waals surface area contributed by atoms with Crippen LogP contribution in [-0.2, 0) is 9.59 Å². The molecule has 8 heteroatoms. The molecule has 2 heterocycles. The molecule has 1 aliphatic heterocycles. The topological polar surface area (TPSA) is 98.1 Å². The van der Waals surface area contributed by atoms with Crippen molar-refractivity contribution >= 4 is 23.5 Å². The third-order valence-corrected chi connectivity index (χ3v) is 3.23. The molecule has 0 fully saturated rings. The maximum absolute atomic E-state index is 12.1. The quantitative estimate of drug-likeness (QED) is 0.864. The van der Waals surface area contributed by atoms with Gasteiger partial charge in [0.15, 0.2) is 0 Å². The van der Waals surface area contributed by atoms with Crippen LogP contribution in [0.15, 0.2) is 30.6 Å². The van der Waals surface area contributed by atoms with E-state index in [1.807, 2.05) is 6.92 Å². The Kier molecular flexibility index (Phi) is 3.73. The van der Waals surface area contributed by atoms with Crippen molar-refractivity contribution < 1.29 is 14.3 Å². The van der Waals surface area contributed by atoms with Crippen LogP contribution in [0.3, 0.4) is 0 Å². The molecule has 2 N–H and O–H groups in total. The number of hydrogen-bond donors (Lipinski definition) is 2. The highest BCUT2D eigenvalue weighted by molar-refractivity contribution is 6.00. The standard InChI is InChI=1S/C14H15N5O3/c1-2-22-10-5-3-9(4-6-10)17-12(20)7-11-13(21)18-14-15-8-16-19(11)14/h3-6,8,11H,2,7H2,1H3,(H,17,20)(H,15,16,18,21)/t11-/m0/s1. The Morgan fingerprint density at radius 1 is 1.41 bits per heavy atom. The van der Waals surface area contributed by atoms with E-state index in [0.29, 0.717) is 18.2 Å². The first-order valence-corrected chi connectivity index (χ1v) is 6.90. The van der Waals surface area contributed by atoms with Gasteiger partial charge >= 0.3 is 0 Å². The number of rotatable bonds is 5. The average Bonchev–Trinajstić information content (AvgIpc) is 3.05. The molecule has 0 aliphatic carbocycles. The number of fused-ring (bicyclic) bond motifs is 1. The summed E-state index contributed by atoms with van der Waals surface area (Å²) in [7, 11) is 0. The van der Waals surface area contributed by atoms with E-state index in [4.69, 9.17) is 4.74 Å². The molecule has 8 nitrogen and oxygen atoms in total. The highest BCUT2D eigenvalue weighted by atomic mass is 16.5. The SMILES string of the molecule is CCOc1ccc(NC(=O)C[C@H]2C(=O)Nc3ncnn32)cc1. The smallest absolute Gasteiger partial charge is 0.252 e. The highest BCUT2D eigenvalue weighted by Gasteiger charge is 2.33. The molecular formula is C14H15N5O3. The van der Waals surface area contributed by atoms with Crippen LogP contribution in [0.4, 0.5) is 11.6 Å². The molecule has 2 aromatic rings. The fraction of sp³-hybridized carbons (Fsp3) is 0.286. The zero-order valence-electron chi connectivity index (χ0n) is 11.9. The van der Waals surface area contributed by atoms with Gasteiger partial charge in [-0.25, -0.2) is 4.68 Å². The molecule has 0 bridgehead atoms. The van der Waals surface area contributed by atoms with E-state index in [1.54, 1.807) is 24.3 Å². The number of carbonyl (C=O) groups is 2. The number of nitrogens with one attached hydrogen (secondary N) is 2. The normalized spacial score (nSPS) is 16.0. The van der Waals surface area contributed by atoms with E-state index in [-0.39, 0.29) is 18.2 Å². The lowest BCUT2D eigenvalue weighted by Crippen LogP contribution is -2.23. The summed E-state index contributed by atoms with van der Waals surface area (Å²) in [6.07, 6.45) is 1.33. The third-order valence-electron chi connectivity index (χ3n) is 3.23. The summed E-state index contributed by atoms with van der Waals surface area (Å²) in [6, 6.07) is 6.38. The number of ether oxygens (including phenoxy) is 1. The van der Waals surface area contributed by atoms with Crippen LogP contribution in [-0.4, -0.2) is 33.2 Å². The monoisotopic (exact) mass is 301 g/mol. The molecule has 1 aromatic carbocycles. The van der Waals surface area contributed by atoms with Crippen LogP contribution in [0.5, 0.6) is 5.75 Å². The van der Waals surface area contributed by atoms with Crippen molar-refractivity contribution in [1.29, 1.82) is 0 Å². The van der Waals surface area contributed by atoms with Crippen LogP contribution in [0.2, 0.25) is 0 Å². The number of benzene rings is 1. The predicted molar refractivity (Wildman–Crippen MR) is 78.5 cm³/mol. The molecule has 1 aromatic heterocycles. The Hall–Kier alpha value is -2.90. The summed E-state index contributed by atoms with van der Waals surface area (Å²) in [5.41, 5.74) is 0.644. The largest absolute Gasteiger partial charge is 0.494 e. The van der Waals surface area contributed by atoms with Crippen molar-refractivity contribution in [2.24, 2.45) is 0 Å². The maximum atomic E-state index is 12.1. The fourth-order valence-corrected chi connectivity index (χ4v) is 2.24. The van der Waals surface area contributed by atoms with Gasteiger partial charge in [0.25, 0.3) is 5.91 Å². The summed E-state index contributed by atoms with van der Waals surface area (Å²) >= 11 is 0. The molecule has 0 saturated carbocycles. The molecule has 1 aliphatic rings. The van der Waals surface area contributed by atoms with Gasteiger partial charge in [-0.3, -0.25) is 14.9 Å². The number of nitrogens with zero attached hydrogens (tertiary/aromatic N) is 3. The van der Waals surface area contributed by atoms with E-state index >= 15 is 0 Å². The Labute approximate surface area is 126 Å². The van der Waals surface area contributed by atoms with Crippen molar-refractivity contribution in [2.75, 3.05) is 17.2 Å². The second kappa shape index (κ2) is 5.84. The minimum Gasteiger partial charge on any atom is -0.494 e. The predicted octanol–water partition coefficient (Wildman–Crippen LogP) is 1.20. The van der Waals surface area contributed by atoms with Crippen LogP contribution in [0.25, 0.3) is 0 Å². The second-order valence-electron chi connectivity index (χ2n) is 4.74. The van der Waals surface area contributed by atoms with Gasteiger partial charge in [0, 0.05) is 5.69 Å². The molecular weight excluding hydrogens is 286 g/mol. The van der Waals surface area contributed by atoms with E-state index < -0.39 is 6.04 Å².